The number of para-hydroxylation sites is 1. The summed E-state index contributed by atoms with van der Waals surface area (Å²) in [5.41, 5.74) is 5.00. The molecule has 2 aromatic heterocycles. The van der Waals surface area contributed by atoms with Crippen molar-refractivity contribution in [1.82, 2.24) is 14.1 Å². The molecule has 1 unspecified atom stereocenters. The van der Waals surface area contributed by atoms with Gasteiger partial charge < -0.3 is 14.0 Å². The van der Waals surface area contributed by atoms with Gasteiger partial charge in [-0.05, 0) is 50.1 Å². The average Bonchev–Trinajstić information content (AvgIpc) is 3.38. The monoisotopic (exact) mass is 437 g/mol. The number of nitrogens with zero attached hydrogens (tertiary/aromatic N) is 5. The van der Waals surface area contributed by atoms with Gasteiger partial charge in [0.2, 0.25) is 0 Å². The third-order valence-electron chi connectivity index (χ3n) is 6.42. The molecule has 2 heterocycles. The molecule has 0 fully saturated rings. The van der Waals surface area contributed by atoms with Crippen LogP contribution in [-0.2, 0) is 24.9 Å². The zero-order chi connectivity index (χ0) is 22.9. The summed E-state index contributed by atoms with van der Waals surface area (Å²) >= 11 is 0. The number of carbonyl (C=O) groups is 1. The van der Waals surface area contributed by atoms with E-state index in [1.165, 1.54) is 5.69 Å². The van der Waals surface area contributed by atoms with Crippen LogP contribution in [0.4, 0.5) is 0 Å². The van der Waals surface area contributed by atoms with Crippen molar-refractivity contribution >= 4 is 22.6 Å². The first-order valence-corrected chi connectivity index (χ1v) is 10.9. The molecule has 1 atom stereocenters. The Kier molecular flexibility index (Phi) is 5.27. The Labute approximate surface area is 191 Å². The van der Waals surface area contributed by atoms with Gasteiger partial charge in [-0.3, -0.25) is 0 Å². The highest BCUT2D eigenvalue weighted by molar-refractivity contribution is 6.14. The lowest BCUT2D eigenvalue weighted by atomic mass is 9.84. The van der Waals surface area contributed by atoms with Crippen molar-refractivity contribution in [3.05, 3.63) is 89.1 Å². The summed E-state index contributed by atoms with van der Waals surface area (Å²) in [7, 11) is 2.07. The molecule has 2 aromatic carbocycles. The van der Waals surface area contributed by atoms with Crippen molar-refractivity contribution in [3.8, 4) is 6.07 Å². The van der Waals surface area contributed by atoms with Crippen molar-refractivity contribution in [1.29, 1.82) is 5.26 Å². The first-order chi connectivity index (χ1) is 16.1. The molecule has 4 aromatic rings. The number of hydrogen-bond acceptors (Lipinski definition) is 5. The molecule has 7 nitrogen and oxygen atoms in total. The quantitative estimate of drug-likeness (QED) is 0.350. The van der Waals surface area contributed by atoms with Gasteiger partial charge in [0.25, 0.3) is 0 Å². The van der Waals surface area contributed by atoms with Gasteiger partial charge >= 0.3 is 5.97 Å². The lowest BCUT2D eigenvalue weighted by Gasteiger charge is -2.25. The topological polar surface area (TPSA) is 85.2 Å². The second-order valence-electron chi connectivity index (χ2n) is 8.30. The molecule has 0 spiro atoms. The zero-order valence-corrected chi connectivity index (χ0v) is 18.5. The molecule has 1 aliphatic rings. The van der Waals surface area contributed by atoms with Crippen LogP contribution in [0, 0.1) is 24.2 Å². The predicted molar refractivity (Wildman–Crippen MR) is 125 cm³/mol. The Hall–Kier alpha value is -4.18. The third kappa shape index (κ3) is 3.70. The van der Waals surface area contributed by atoms with Gasteiger partial charge in [0.15, 0.2) is 0 Å². The fraction of sp³-hybridized carbons (Fsp3) is 0.231. The minimum Gasteiger partial charge on any atom is -0.347 e. The molecule has 0 aliphatic heterocycles. The second-order valence-corrected chi connectivity index (χ2v) is 8.30. The predicted octanol–water partition coefficient (Wildman–Crippen LogP) is 4.38. The van der Waals surface area contributed by atoms with Crippen LogP contribution in [0.15, 0.2) is 66.1 Å². The largest absolute Gasteiger partial charge is 0.365 e. The Morgan fingerprint density at radius 1 is 1.24 bits per heavy atom. The van der Waals surface area contributed by atoms with Gasteiger partial charge in [-0.2, -0.15) is 5.26 Å². The van der Waals surface area contributed by atoms with Crippen molar-refractivity contribution in [2.45, 2.75) is 26.3 Å². The van der Waals surface area contributed by atoms with E-state index in [1.807, 2.05) is 31.3 Å². The van der Waals surface area contributed by atoms with Crippen LogP contribution in [0.3, 0.4) is 0 Å². The van der Waals surface area contributed by atoms with Crippen molar-refractivity contribution in [3.63, 3.8) is 0 Å². The summed E-state index contributed by atoms with van der Waals surface area (Å²) in [5, 5.41) is 14.5. The highest BCUT2D eigenvalue weighted by atomic mass is 16.7. The Bertz CT molecular complexity index is 1420. The number of imidazole rings is 1. The van der Waals surface area contributed by atoms with E-state index in [4.69, 9.17) is 10.1 Å². The van der Waals surface area contributed by atoms with Crippen LogP contribution in [0.5, 0.6) is 0 Å². The summed E-state index contributed by atoms with van der Waals surface area (Å²) < 4.78 is 4.32. The summed E-state index contributed by atoms with van der Waals surface area (Å²) in [6, 6.07) is 16.6. The van der Waals surface area contributed by atoms with Crippen LogP contribution in [0.1, 0.15) is 39.4 Å². The molecule has 0 amide bonds. The van der Waals surface area contributed by atoms with Gasteiger partial charge in [-0.15, -0.1) is 0 Å². The van der Waals surface area contributed by atoms with Crippen LogP contribution >= 0.6 is 0 Å². The zero-order valence-electron chi connectivity index (χ0n) is 18.5. The molecule has 5 rings (SSSR count). The molecule has 0 saturated heterocycles. The lowest BCUT2D eigenvalue weighted by molar-refractivity contribution is 0.0513. The van der Waals surface area contributed by atoms with Gasteiger partial charge in [0.05, 0.1) is 22.9 Å². The standard InChI is InChI=1S/C26H23N5O2/c1-17-28-13-14-31(17)16-20-11-12-23-24(21-5-3-4-6-22(21)30(23)2)25(20)29-33-26(32)19-9-7-18(15-27)8-10-19/h3-10,13-14,20H,11-12,16H2,1-2H3/b29-25+. The molecule has 0 radical (unpaired) electrons. The molecule has 0 N–H and O–H groups in total. The first kappa shape index (κ1) is 20.7. The van der Waals surface area contributed by atoms with Crippen LogP contribution in [-0.4, -0.2) is 25.8 Å². The minimum absolute atomic E-state index is 0.0740. The van der Waals surface area contributed by atoms with E-state index in [0.29, 0.717) is 17.7 Å². The fourth-order valence-electron chi connectivity index (χ4n) is 4.63. The summed E-state index contributed by atoms with van der Waals surface area (Å²) in [4.78, 5) is 22.5. The summed E-state index contributed by atoms with van der Waals surface area (Å²) in [6.07, 6.45) is 5.57. The molecule has 0 bridgehead atoms. The van der Waals surface area contributed by atoms with Crippen molar-refractivity contribution < 1.29 is 9.63 Å². The molecule has 33 heavy (non-hydrogen) atoms. The van der Waals surface area contributed by atoms with E-state index >= 15 is 0 Å². The van der Waals surface area contributed by atoms with Crippen LogP contribution < -0.4 is 0 Å². The maximum absolute atomic E-state index is 12.7. The smallest absolute Gasteiger partial charge is 0.347 e. The third-order valence-corrected chi connectivity index (χ3v) is 6.42. The number of carbonyl (C=O) groups excluding carboxylic acids is 1. The number of aryl methyl sites for hydroxylation is 2. The second kappa shape index (κ2) is 8.40. The summed E-state index contributed by atoms with van der Waals surface area (Å²) in [6.45, 7) is 2.69. The summed E-state index contributed by atoms with van der Waals surface area (Å²) in [5.74, 6) is 0.467. The number of oxime groups is 1. The van der Waals surface area contributed by atoms with E-state index in [0.717, 1.165) is 40.8 Å². The van der Waals surface area contributed by atoms with E-state index in [-0.39, 0.29) is 5.92 Å². The van der Waals surface area contributed by atoms with E-state index in [1.54, 1.807) is 30.5 Å². The van der Waals surface area contributed by atoms with Gasteiger partial charge in [0, 0.05) is 54.1 Å². The van der Waals surface area contributed by atoms with E-state index < -0.39 is 5.97 Å². The SMILES string of the molecule is Cc1nccn1CC1CCc2c(c3ccccc3n2C)/C1=N/OC(=O)c1ccc(C#N)cc1. The number of hydrogen-bond donors (Lipinski definition) is 0. The molecular weight excluding hydrogens is 414 g/mol. The highest BCUT2D eigenvalue weighted by Crippen LogP contribution is 2.35. The highest BCUT2D eigenvalue weighted by Gasteiger charge is 2.32. The van der Waals surface area contributed by atoms with E-state index in [9.17, 15) is 4.79 Å². The Morgan fingerprint density at radius 2 is 2.03 bits per heavy atom. The first-order valence-electron chi connectivity index (χ1n) is 10.9. The maximum Gasteiger partial charge on any atom is 0.365 e. The minimum atomic E-state index is -0.545. The number of benzene rings is 2. The molecular formula is C26H23N5O2. The van der Waals surface area contributed by atoms with Gasteiger partial charge in [-0.25, -0.2) is 9.78 Å². The maximum atomic E-state index is 12.7. The van der Waals surface area contributed by atoms with Crippen molar-refractivity contribution in [2.75, 3.05) is 0 Å². The van der Waals surface area contributed by atoms with Crippen molar-refractivity contribution in [2.24, 2.45) is 18.1 Å². The average molecular weight is 438 g/mol. The number of aromatic nitrogens is 3. The fourth-order valence-corrected chi connectivity index (χ4v) is 4.63. The number of nitriles is 1. The number of rotatable bonds is 4. The van der Waals surface area contributed by atoms with Gasteiger partial charge in [0.1, 0.15) is 5.82 Å². The molecule has 1 aliphatic carbocycles. The molecule has 164 valence electrons. The lowest BCUT2D eigenvalue weighted by Crippen LogP contribution is -2.28. The van der Waals surface area contributed by atoms with Gasteiger partial charge in [-0.1, -0.05) is 23.4 Å². The normalized spacial score (nSPS) is 16.5. The Morgan fingerprint density at radius 3 is 2.76 bits per heavy atom. The van der Waals surface area contributed by atoms with Crippen LogP contribution in [0.2, 0.25) is 0 Å². The van der Waals surface area contributed by atoms with Crippen LogP contribution in [0.25, 0.3) is 10.9 Å². The van der Waals surface area contributed by atoms with E-state index in [2.05, 4.69) is 38.5 Å². The molecule has 0 saturated carbocycles. The number of fused-ring (bicyclic) bond motifs is 3. The molecule has 7 heteroatoms. The Balaban J connectivity index is 1.55.